The molecule has 14 heavy (non-hydrogen) atoms. The molecule has 1 aliphatic heterocycles. The maximum Gasteiger partial charge on any atom is 0.0942 e. The van der Waals surface area contributed by atoms with Crippen molar-refractivity contribution in [3.8, 4) is 0 Å². The third-order valence-corrected chi connectivity index (χ3v) is 2.87. The Bertz CT molecular complexity index is 267. The second kappa shape index (κ2) is 4.58. The van der Waals surface area contributed by atoms with Crippen LogP contribution in [0, 0.1) is 0 Å². The molecule has 1 saturated heterocycles. The van der Waals surface area contributed by atoms with E-state index in [-0.39, 0.29) is 12.1 Å². The lowest BCUT2D eigenvalue weighted by molar-refractivity contribution is 0.114. The Morgan fingerprint density at radius 1 is 1.21 bits per heavy atom. The first kappa shape index (κ1) is 9.69. The summed E-state index contributed by atoms with van der Waals surface area (Å²) in [6.07, 6.45) is 3.19. The number of piperidine rings is 1. The molecule has 0 aromatic heterocycles. The van der Waals surface area contributed by atoms with Gasteiger partial charge in [0.25, 0.3) is 0 Å². The maximum atomic E-state index is 10.1. The molecule has 1 aromatic carbocycles. The summed E-state index contributed by atoms with van der Waals surface area (Å²) >= 11 is 0. The summed E-state index contributed by atoms with van der Waals surface area (Å²) in [4.78, 5) is 0. The van der Waals surface area contributed by atoms with Crippen LogP contribution in [0.25, 0.3) is 0 Å². The van der Waals surface area contributed by atoms with Gasteiger partial charge in [0.05, 0.1) is 6.10 Å². The van der Waals surface area contributed by atoms with Crippen LogP contribution in [0.15, 0.2) is 30.3 Å². The van der Waals surface area contributed by atoms with Crippen molar-refractivity contribution in [3.05, 3.63) is 35.9 Å². The fraction of sp³-hybridized carbons (Fsp3) is 0.500. The highest BCUT2D eigenvalue weighted by Gasteiger charge is 2.21. The van der Waals surface area contributed by atoms with Gasteiger partial charge >= 0.3 is 0 Å². The Labute approximate surface area is 85.0 Å². The zero-order valence-electron chi connectivity index (χ0n) is 8.32. The molecule has 1 aliphatic rings. The van der Waals surface area contributed by atoms with Crippen molar-refractivity contribution in [2.24, 2.45) is 0 Å². The van der Waals surface area contributed by atoms with Gasteiger partial charge in [-0.3, -0.25) is 0 Å². The number of hydrogen-bond donors (Lipinski definition) is 2. The molecule has 0 amide bonds. The summed E-state index contributed by atoms with van der Waals surface area (Å²) < 4.78 is 0. The van der Waals surface area contributed by atoms with Crippen LogP contribution in [0.4, 0.5) is 0 Å². The molecular formula is C12H17NO. The predicted molar refractivity (Wildman–Crippen MR) is 57.0 cm³/mol. The molecule has 2 rings (SSSR count). The van der Waals surface area contributed by atoms with E-state index in [0.29, 0.717) is 0 Å². The zero-order valence-corrected chi connectivity index (χ0v) is 8.32. The molecule has 2 N–H and O–H groups in total. The summed E-state index contributed by atoms with van der Waals surface area (Å²) in [5.74, 6) is 0. The van der Waals surface area contributed by atoms with E-state index in [9.17, 15) is 5.11 Å². The van der Waals surface area contributed by atoms with Gasteiger partial charge in [-0.25, -0.2) is 0 Å². The van der Waals surface area contributed by atoms with Crippen molar-refractivity contribution in [2.45, 2.75) is 31.4 Å². The van der Waals surface area contributed by atoms with Gasteiger partial charge in [0.15, 0.2) is 0 Å². The van der Waals surface area contributed by atoms with Gasteiger partial charge < -0.3 is 10.4 Å². The van der Waals surface area contributed by atoms with E-state index < -0.39 is 0 Å². The quantitative estimate of drug-likeness (QED) is 0.748. The van der Waals surface area contributed by atoms with Crippen LogP contribution >= 0.6 is 0 Å². The summed E-state index contributed by atoms with van der Waals surface area (Å²) in [6.45, 7) is 1.04. The third-order valence-electron chi connectivity index (χ3n) is 2.87. The molecule has 76 valence electrons. The van der Waals surface area contributed by atoms with Crippen molar-refractivity contribution in [2.75, 3.05) is 6.54 Å². The lowest BCUT2D eigenvalue weighted by Crippen LogP contribution is -2.38. The van der Waals surface area contributed by atoms with E-state index in [4.69, 9.17) is 0 Å². The number of rotatable bonds is 2. The van der Waals surface area contributed by atoms with E-state index in [1.807, 2.05) is 30.3 Å². The van der Waals surface area contributed by atoms with Gasteiger partial charge in [0, 0.05) is 6.04 Å². The van der Waals surface area contributed by atoms with Crippen LogP contribution < -0.4 is 5.32 Å². The number of hydrogen-bond acceptors (Lipinski definition) is 2. The number of nitrogens with one attached hydrogen (secondary N) is 1. The van der Waals surface area contributed by atoms with Crippen LogP contribution in [0.2, 0.25) is 0 Å². The van der Waals surface area contributed by atoms with Gasteiger partial charge in [-0.2, -0.15) is 0 Å². The van der Waals surface area contributed by atoms with Crippen LogP contribution in [-0.2, 0) is 0 Å². The highest BCUT2D eigenvalue weighted by atomic mass is 16.3. The molecule has 0 bridgehead atoms. The van der Waals surface area contributed by atoms with E-state index in [1.54, 1.807) is 0 Å². The molecule has 0 radical (unpaired) electrons. The highest BCUT2D eigenvalue weighted by molar-refractivity contribution is 5.18. The number of benzene rings is 1. The Morgan fingerprint density at radius 2 is 2.00 bits per heavy atom. The second-order valence-corrected chi connectivity index (χ2v) is 3.91. The largest absolute Gasteiger partial charge is 0.387 e. The summed E-state index contributed by atoms with van der Waals surface area (Å²) in [5.41, 5.74) is 1.02. The molecule has 1 heterocycles. The number of aliphatic hydroxyl groups excluding tert-OH is 1. The fourth-order valence-corrected chi connectivity index (χ4v) is 2.03. The van der Waals surface area contributed by atoms with E-state index in [0.717, 1.165) is 18.5 Å². The van der Waals surface area contributed by atoms with Crippen LogP contribution in [0.1, 0.15) is 30.9 Å². The molecule has 2 atom stereocenters. The van der Waals surface area contributed by atoms with Crippen molar-refractivity contribution in [1.82, 2.24) is 5.32 Å². The minimum absolute atomic E-state index is 0.242. The first-order valence-corrected chi connectivity index (χ1v) is 5.34. The molecule has 0 spiro atoms. The molecule has 1 fully saturated rings. The van der Waals surface area contributed by atoms with E-state index in [2.05, 4.69) is 5.32 Å². The molecular weight excluding hydrogens is 174 g/mol. The third kappa shape index (κ3) is 2.14. The van der Waals surface area contributed by atoms with Crippen molar-refractivity contribution in [1.29, 1.82) is 0 Å². The minimum Gasteiger partial charge on any atom is -0.387 e. The fourth-order valence-electron chi connectivity index (χ4n) is 2.03. The topological polar surface area (TPSA) is 32.3 Å². The molecule has 0 unspecified atom stereocenters. The molecule has 0 aliphatic carbocycles. The standard InChI is InChI=1S/C12H17NO/c14-12(10-6-2-1-3-7-10)11-8-4-5-9-13-11/h1-3,6-7,11-14H,4-5,8-9H2/t11-,12-/m0/s1. The molecule has 0 saturated carbocycles. The van der Waals surface area contributed by atoms with Gasteiger partial charge in [0.2, 0.25) is 0 Å². The van der Waals surface area contributed by atoms with Crippen LogP contribution in [0.5, 0.6) is 0 Å². The monoisotopic (exact) mass is 191 g/mol. The molecule has 1 aromatic rings. The Balaban J connectivity index is 2.03. The van der Waals surface area contributed by atoms with Crippen LogP contribution in [-0.4, -0.2) is 17.7 Å². The van der Waals surface area contributed by atoms with Gasteiger partial charge in [-0.15, -0.1) is 0 Å². The van der Waals surface area contributed by atoms with Gasteiger partial charge in [-0.05, 0) is 24.9 Å². The summed E-state index contributed by atoms with van der Waals surface area (Å²) in [5, 5.41) is 13.5. The normalized spacial score (nSPS) is 24.5. The zero-order chi connectivity index (χ0) is 9.80. The smallest absolute Gasteiger partial charge is 0.0942 e. The minimum atomic E-state index is -0.350. The number of aliphatic hydroxyl groups is 1. The summed E-state index contributed by atoms with van der Waals surface area (Å²) in [7, 11) is 0. The molecule has 2 heteroatoms. The van der Waals surface area contributed by atoms with Crippen molar-refractivity contribution < 1.29 is 5.11 Å². The SMILES string of the molecule is O[C@@H](c1ccccc1)[C@@H]1CCCCN1. The Hall–Kier alpha value is -0.860. The van der Waals surface area contributed by atoms with Crippen molar-refractivity contribution >= 4 is 0 Å². The second-order valence-electron chi connectivity index (χ2n) is 3.91. The van der Waals surface area contributed by atoms with Gasteiger partial charge in [0.1, 0.15) is 0 Å². The van der Waals surface area contributed by atoms with Gasteiger partial charge in [-0.1, -0.05) is 36.8 Å². The maximum absolute atomic E-state index is 10.1. The first-order valence-electron chi connectivity index (χ1n) is 5.34. The molecule has 2 nitrogen and oxygen atoms in total. The highest BCUT2D eigenvalue weighted by Crippen LogP contribution is 2.22. The summed E-state index contributed by atoms with van der Waals surface area (Å²) in [6, 6.07) is 10.1. The average Bonchev–Trinajstić information content (AvgIpc) is 2.30. The van der Waals surface area contributed by atoms with E-state index in [1.165, 1.54) is 12.8 Å². The van der Waals surface area contributed by atoms with E-state index >= 15 is 0 Å². The van der Waals surface area contributed by atoms with Crippen LogP contribution in [0.3, 0.4) is 0 Å². The Kier molecular flexibility index (Phi) is 3.17. The van der Waals surface area contributed by atoms with Crippen molar-refractivity contribution in [3.63, 3.8) is 0 Å². The average molecular weight is 191 g/mol. The first-order chi connectivity index (χ1) is 6.88. The Morgan fingerprint density at radius 3 is 2.64 bits per heavy atom. The lowest BCUT2D eigenvalue weighted by atomic mass is 9.95. The lowest BCUT2D eigenvalue weighted by Gasteiger charge is -2.28. The predicted octanol–water partition coefficient (Wildman–Crippen LogP) is 1.86.